The molecular formula is C16H21NO3. The van der Waals surface area contributed by atoms with Crippen molar-refractivity contribution in [2.24, 2.45) is 0 Å². The summed E-state index contributed by atoms with van der Waals surface area (Å²) in [7, 11) is 0. The van der Waals surface area contributed by atoms with Crippen LogP contribution in [0.3, 0.4) is 0 Å². The van der Waals surface area contributed by atoms with Gasteiger partial charge in [0.2, 0.25) is 0 Å². The Kier molecular flexibility index (Phi) is 5.72. The predicted octanol–water partition coefficient (Wildman–Crippen LogP) is 1.88. The van der Waals surface area contributed by atoms with Gasteiger partial charge in [-0.2, -0.15) is 0 Å². The summed E-state index contributed by atoms with van der Waals surface area (Å²) in [5, 5.41) is 13.4. The molecular weight excluding hydrogens is 254 g/mol. The second kappa shape index (κ2) is 7.78. The van der Waals surface area contributed by atoms with Crippen molar-refractivity contribution in [2.45, 2.75) is 25.4 Å². The van der Waals surface area contributed by atoms with Gasteiger partial charge in [-0.25, -0.2) is 0 Å². The summed E-state index contributed by atoms with van der Waals surface area (Å²) >= 11 is 0. The zero-order valence-electron chi connectivity index (χ0n) is 11.6. The van der Waals surface area contributed by atoms with Gasteiger partial charge in [-0.3, -0.25) is 0 Å². The van der Waals surface area contributed by atoms with E-state index in [1.807, 2.05) is 18.2 Å². The lowest BCUT2D eigenvalue weighted by Crippen LogP contribution is -2.23. The highest BCUT2D eigenvalue weighted by Gasteiger charge is 2.15. The van der Waals surface area contributed by atoms with Crippen molar-refractivity contribution in [3.8, 4) is 23.8 Å². The molecule has 1 heterocycles. The second-order valence-corrected chi connectivity index (χ2v) is 4.78. The first-order valence-corrected chi connectivity index (χ1v) is 7.03. The van der Waals surface area contributed by atoms with Gasteiger partial charge in [0.05, 0.1) is 6.10 Å². The molecule has 108 valence electrons. The number of benzene rings is 1. The molecule has 2 N–H and O–H groups in total. The molecule has 1 aromatic carbocycles. The summed E-state index contributed by atoms with van der Waals surface area (Å²) in [6.45, 7) is 2.52. The third-order valence-corrected chi connectivity index (χ3v) is 3.21. The highest BCUT2D eigenvalue weighted by Crippen LogP contribution is 2.32. The first-order valence-electron chi connectivity index (χ1n) is 7.03. The molecule has 20 heavy (non-hydrogen) atoms. The smallest absolute Gasteiger partial charge is 0.161 e. The Labute approximate surface area is 120 Å². The number of fused-ring (bicyclic) bond motifs is 1. The van der Waals surface area contributed by atoms with Crippen LogP contribution >= 0.6 is 0 Å². The lowest BCUT2D eigenvalue weighted by Gasteiger charge is -2.20. The largest absolute Gasteiger partial charge is 0.486 e. The van der Waals surface area contributed by atoms with Crippen molar-refractivity contribution in [3.63, 3.8) is 0 Å². The van der Waals surface area contributed by atoms with Crippen LogP contribution in [-0.2, 0) is 0 Å². The summed E-state index contributed by atoms with van der Waals surface area (Å²) in [6, 6.07) is 5.57. The number of aliphatic hydroxyl groups is 1. The van der Waals surface area contributed by atoms with Gasteiger partial charge in [-0.05, 0) is 37.1 Å². The number of terminal acetylenes is 1. The molecule has 0 aliphatic carbocycles. The lowest BCUT2D eigenvalue weighted by molar-refractivity contribution is 0.163. The fourth-order valence-corrected chi connectivity index (χ4v) is 2.10. The van der Waals surface area contributed by atoms with Crippen LogP contribution in [0.1, 0.15) is 30.9 Å². The average Bonchev–Trinajstić information content (AvgIpc) is 2.50. The SMILES string of the molecule is C#CCCCCNCC(O)c1ccc2c(c1)OCCO2. The fourth-order valence-electron chi connectivity index (χ4n) is 2.10. The molecule has 0 radical (unpaired) electrons. The van der Waals surface area contributed by atoms with E-state index in [0.717, 1.165) is 37.1 Å². The van der Waals surface area contributed by atoms with E-state index in [0.29, 0.717) is 25.5 Å². The topological polar surface area (TPSA) is 50.7 Å². The number of hydrogen-bond donors (Lipinski definition) is 2. The third kappa shape index (κ3) is 4.16. The van der Waals surface area contributed by atoms with Crippen LogP contribution in [0.4, 0.5) is 0 Å². The van der Waals surface area contributed by atoms with E-state index in [1.165, 1.54) is 0 Å². The van der Waals surface area contributed by atoms with Crippen LogP contribution in [0, 0.1) is 12.3 Å². The van der Waals surface area contributed by atoms with Gasteiger partial charge < -0.3 is 19.9 Å². The maximum atomic E-state index is 10.1. The van der Waals surface area contributed by atoms with Crippen molar-refractivity contribution in [1.82, 2.24) is 5.32 Å². The van der Waals surface area contributed by atoms with E-state index in [-0.39, 0.29) is 0 Å². The summed E-state index contributed by atoms with van der Waals surface area (Å²) in [6.07, 6.45) is 7.50. The number of rotatable bonds is 7. The zero-order valence-corrected chi connectivity index (χ0v) is 11.6. The summed E-state index contributed by atoms with van der Waals surface area (Å²) in [4.78, 5) is 0. The fraction of sp³-hybridized carbons (Fsp3) is 0.500. The second-order valence-electron chi connectivity index (χ2n) is 4.78. The van der Waals surface area contributed by atoms with Crippen molar-refractivity contribution in [1.29, 1.82) is 0 Å². The molecule has 0 saturated heterocycles. The van der Waals surface area contributed by atoms with E-state index in [9.17, 15) is 5.11 Å². The Bertz CT molecular complexity index is 467. The lowest BCUT2D eigenvalue weighted by atomic mass is 10.1. The molecule has 4 heteroatoms. The Morgan fingerprint density at radius 1 is 1.25 bits per heavy atom. The third-order valence-electron chi connectivity index (χ3n) is 3.21. The first kappa shape index (κ1) is 14.7. The van der Waals surface area contributed by atoms with Crippen LogP contribution in [0.15, 0.2) is 18.2 Å². The number of nitrogens with one attached hydrogen (secondary N) is 1. The molecule has 0 aromatic heterocycles. The van der Waals surface area contributed by atoms with E-state index in [2.05, 4.69) is 11.2 Å². The summed E-state index contributed by atoms with van der Waals surface area (Å²) in [5.74, 6) is 4.07. The van der Waals surface area contributed by atoms with Gasteiger partial charge in [0, 0.05) is 13.0 Å². The molecule has 0 spiro atoms. The number of unbranched alkanes of at least 4 members (excludes halogenated alkanes) is 2. The molecule has 2 rings (SSSR count). The minimum atomic E-state index is -0.543. The maximum Gasteiger partial charge on any atom is 0.161 e. The van der Waals surface area contributed by atoms with Crippen LogP contribution < -0.4 is 14.8 Å². The van der Waals surface area contributed by atoms with Gasteiger partial charge in [-0.15, -0.1) is 12.3 Å². The van der Waals surface area contributed by atoms with Crippen LogP contribution in [0.5, 0.6) is 11.5 Å². The first-order chi connectivity index (χ1) is 9.81. The van der Waals surface area contributed by atoms with Crippen molar-refractivity contribution in [3.05, 3.63) is 23.8 Å². The number of hydrogen-bond acceptors (Lipinski definition) is 4. The van der Waals surface area contributed by atoms with Crippen molar-refractivity contribution in [2.75, 3.05) is 26.3 Å². The van der Waals surface area contributed by atoms with Gasteiger partial charge >= 0.3 is 0 Å². The number of aliphatic hydroxyl groups excluding tert-OH is 1. The molecule has 0 saturated carbocycles. The molecule has 1 atom stereocenters. The Morgan fingerprint density at radius 2 is 2.05 bits per heavy atom. The predicted molar refractivity (Wildman–Crippen MR) is 77.9 cm³/mol. The highest BCUT2D eigenvalue weighted by atomic mass is 16.6. The Balaban J connectivity index is 1.77. The minimum absolute atomic E-state index is 0.524. The van der Waals surface area contributed by atoms with Crippen molar-refractivity contribution >= 4 is 0 Å². The van der Waals surface area contributed by atoms with Crippen molar-refractivity contribution < 1.29 is 14.6 Å². The van der Waals surface area contributed by atoms with Gasteiger partial charge in [0.25, 0.3) is 0 Å². The molecule has 0 bridgehead atoms. The van der Waals surface area contributed by atoms with E-state index in [4.69, 9.17) is 15.9 Å². The Morgan fingerprint density at radius 3 is 2.85 bits per heavy atom. The quantitative estimate of drug-likeness (QED) is 0.589. The zero-order chi connectivity index (χ0) is 14.2. The van der Waals surface area contributed by atoms with Gasteiger partial charge in [-0.1, -0.05) is 6.07 Å². The van der Waals surface area contributed by atoms with Crippen LogP contribution in [0.2, 0.25) is 0 Å². The molecule has 1 aromatic rings. The molecule has 1 aliphatic heterocycles. The summed E-state index contributed by atoms with van der Waals surface area (Å²) < 4.78 is 11.0. The number of ether oxygens (including phenoxy) is 2. The normalized spacial score (nSPS) is 14.6. The van der Waals surface area contributed by atoms with Crippen LogP contribution in [-0.4, -0.2) is 31.4 Å². The molecule has 0 amide bonds. The van der Waals surface area contributed by atoms with E-state index in [1.54, 1.807) is 0 Å². The maximum absolute atomic E-state index is 10.1. The summed E-state index contributed by atoms with van der Waals surface area (Å²) in [5.41, 5.74) is 0.838. The Hall–Kier alpha value is -1.70. The monoisotopic (exact) mass is 275 g/mol. The molecule has 4 nitrogen and oxygen atoms in total. The van der Waals surface area contributed by atoms with Gasteiger partial charge in [0.15, 0.2) is 11.5 Å². The average molecular weight is 275 g/mol. The molecule has 1 unspecified atom stereocenters. The molecule has 1 aliphatic rings. The van der Waals surface area contributed by atoms with E-state index < -0.39 is 6.10 Å². The minimum Gasteiger partial charge on any atom is -0.486 e. The highest BCUT2D eigenvalue weighted by molar-refractivity contribution is 5.44. The van der Waals surface area contributed by atoms with Crippen LogP contribution in [0.25, 0.3) is 0 Å². The van der Waals surface area contributed by atoms with E-state index >= 15 is 0 Å². The van der Waals surface area contributed by atoms with Gasteiger partial charge in [0.1, 0.15) is 13.2 Å². The standard InChI is InChI=1S/C16H21NO3/c1-2-3-4-5-8-17-12-14(18)13-6-7-15-16(11-13)20-10-9-19-15/h1,6-7,11,14,17-18H,3-5,8-10,12H2. The molecule has 0 fully saturated rings.